The molecule has 0 bridgehead atoms. The van der Waals surface area contributed by atoms with Gasteiger partial charge >= 0.3 is 39.5 Å². The molecule has 2 unspecified atom stereocenters. The number of hydrogen-bond acceptors (Lipinski definition) is 15. The van der Waals surface area contributed by atoms with E-state index in [0.29, 0.717) is 32.1 Å². The first kappa shape index (κ1) is 98.5. The van der Waals surface area contributed by atoms with Crippen molar-refractivity contribution < 1.29 is 80.2 Å². The van der Waals surface area contributed by atoms with E-state index in [0.717, 1.165) is 122 Å². The Labute approximate surface area is 622 Å². The summed E-state index contributed by atoms with van der Waals surface area (Å²) < 4.78 is 68.6. The zero-order valence-corrected chi connectivity index (χ0v) is 66.8. The van der Waals surface area contributed by atoms with Crippen LogP contribution < -0.4 is 0 Å². The lowest BCUT2D eigenvalue weighted by Gasteiger charge is -2.21. The molecule has 0 aliphatic carbocycles. The average Bonchev–Trinajstić information content (AvgIpc) is 0.917. The number of ether oxygens (including phenoxy) is 4. The normalized spacial score (nSPS) is 14.2. The van der Waals surface area contributed by atoms with Gasteiger partial charge in [-0.25, -0.2) is 9.13 Å². The van der Waals surface area contributed by atoms with Gasteiger partial charge in [-0.1, -0.05) is 306 Å². The van der Waals surface area contributed by atoms with Gasteiger partial charge in [0.05, 0.1) is 26.4 Å². The Morgan fingerprint density at radius 2 is 0.490 bits per heavy atom. The quantitative estimate of drug-likeness (QED) is 0.0169. The number of unbranched alkanes of at least 4 members (excludes halogenated alkanes) is 40. The predicted molar refractivity (Wildman–Crippen MR) is 418 cm³/mol. The summed E-state index contributed by atoms with van der Waals surface area (Å²) >= 11 is 0. The van der Waals surface area contributed by atoms with Crippen molar-refractivity contribution in [3.8, 4) is 0 Å². The van der Waals surface area contributed by atoms with Crippen LogP contribution in [0.1, 0.15) is 374 Å². The van der Waals surface area contributed by atoms with E-state index in [1.54, 1.807) is 0 Å². The highest BCUT2D eigenvalue weighted by Gasteiger charge is 2.30. The van der Waals surface area contributed by atoms with E-state index >= 15 is 0 Å². The molecule has 0 rings (SSSR count). The number of hydrogen-bond donors (Lipinski definition) is 3. The van der Waals surface area contributed by atoms with Crippen LogP contribution in [0.5, 0.6) is 0 Å². The number of aliphatic hydroxyl groups excluding tert-OH is 1. The predicted octanol–water partition coefficient (Wildman–Crippen LogP) is 24.0. The van der Waals surface area contributed by atoms with Gasteiger partial charge in [0.1, 0.15) is 19.3 Å². The highest BCUT2D eigenvalue weighted by atomic mass is 31.2. The molecule has 594 valence electrons. The maximum Gasteiger partial charge on any atom is 0.472 e. The zero-order valence-electron chi connectivity index (χ0n) is 65.0. The molecule has 0 amide bonds. The molecule has 0 saturated heterocycles. The third-order valence-electron chi connectivity index (χ3n) is 17.6. The summed E-state index contributed by atoms with van der Waals surface area (Å²) in [5.41, 5.74) is 0. The lowest BCUT2D eigenvalue weighted by Crippen LogP contribution is -2.30. The molecular weight excluding hydrogens is 1330 g/mol. The number of phosphoric acid groups is 2. The summed E-state index contributed by atoms with van der Waals surface area (Å²) in [6, 6.07) is 0. The van der Waals surface area contributed by atoms with Gasteiger partial charge in [-0.05, 0) is 116 Å². The summed E-state index contributed by atoms with van der Waals surface area (Å²) in [7, 11) is -9.97. The van der Waals surface area contributed by atoms with Crippen LogP contribution in [0.25, 0.3) is 0 Å². The van der Waals surface area contributed by atoms with Crippen LogP contribution >= 0.6 is 15.6 Å². The minimum atomic E-state index is -4.99. The van der Waals surface area contributed by atoms with Gasteiger partial charge < -0.3 is 33.8 Å². The Bertz CT molecular complexity index is 2210. The van der Waals surface area contributed by atoms with Crippen LogP contribution in [0.2, 0.25) is 0 Å². The van der Waals surface area contributed by atoms with Crippen LogP contribution in [0.4, 0.5) is 0 Å². The van der Waals surface area contributed by atoms with Crippen molar-refractivity contribution in [3.05, 3.63) is 72.9 Å². The van der Waals surface area contributed by atoms with Crippen LogP contribution in [0.15, 0.2) is 72.9 Å². The molecular formula is C83H150O17P2. The maximum atomic E-state index is 13.1. The van der Waals surface area contributed by atoms with Crippen molar-refractivity contribution >= 4 is 39.5 Å². The van der Waals surface area contributed by atoms with Crippen molar-refractivity contribution in [1.82, 2.24) is 0 Å². The number of aliphatic hydroxyl groups is 1. The van der Waals surface area contributed by atoms with Crippen LogP contribution in [0.3, 0.4) is 0 Å². The Balaban J connectivity index is 5.39. The monoisotopic (exact) mass is 1480 g/mol. The van der Waals surface area contributed by atoms with E-state index in [4.69, 9.17) is 37.0 Å². The Kier molecular flexibility index (Phi) is 73.1. The molecule has 5 atom stereocenters. The molecule has 0 aliphatic heterocycles. The minimum absolute atomic E-state index is 0.0232. The van der Waals surface area contributed by atoms with E-state index in [-0.39, 0.29) is 25.7 Å². The smallest absolute Gasteiger partial charge is 0.462 e. The van der Waals surface area contributed by atoms with Crippen LogP contribution in [0, 0.1) is 0 Å². The average molecular weight is 1480 g/mol. The molecule has 0 fully saturated rings. The van der Waals surface area contributed by atoms with Crippen LogP contribution in [-0.2, 0) is 65.4 Å². The number of carbonyl (C=O) groups is 4. The summed E-state index contributed by atoms with van der Waals surface area (Å²) in [6.45, 7) is 4.83. The van der Waals surface area contributed by atoms with Gasteiger partial charge in [-0.15, -0.1) is 0 Å². The lowest BCUT2D eigenvalue weighted by atomic mass is 10.0. The molecule has 0 spiro atoms. The Morgan fingerprint density at radius 3 is 0.814 bits per heavy atom. The van der Waals surface area contributed by atoms with Crippen molar-refractivity contribution in [1.29, 1.82) is 0 Å². The molecule has 17 nitrogen and oxygen atoms in total. The third kappa shape index (κ3) is 74.8. The molecule has 0 radical (unpaired) electrons. The Hall–Kier alpha value is -3.50. The van der Waals surface area contributed by atoms with Gasteiger partial charge in [-0.3, -0.25) is 37.3 Å². The van der Waals surface area contributed by atoms with E-state index in [2.05, 4.69) is 88.5 Å². The van der Waals surface area contributed by atoms with Gasteiger partial charge in [0.25, 0.3) is 0 Å². The first-order valence-corrected chi connectivity index (χ1v) is 44.2. The molecule has 19 heteroatoms. The number of esters is 4. The number of rotatable bonds is 78. The van der Waals surface area contributed by atoms with Crippen LogP contribution in [-0.4, -0.2) is 96.7 Å². The molecule has 0 saturated carbocycles. The summed E-state index contributed by atoms with van der Waals surface area (Å²) in [5, 5.41) is 10.6. The summed E-state index contributed by atoms with van der Waals surface area (Å²) in [4.78, 5) is 73.0. The fourth-order valence-electron chi connectivity index (χ4n) is 11.3. The largest absolute Gasteiger partial charge is 0.472 e. The molecule has 0 aromatic heterocycles. The molecule has 0 aromatic rings. The molecule has 3 N–H and O–H groups in total. The number of phosphoric ester groups is 2. The molecule has 0 heterocycles. The molecule has 0 aliphatic rings. The summed E-state index contributed by atoms with van der Waals surface area (Å²) in [5.74, 6) is -2.22. The zero-order chi connectivity index (χ0) is 74.6. The first-order valence-electron chi connectivity index (χ1n) is 41.2. The number of allylic oxidation sites excluding steroid dienone is 12. The van der Waals surface area contributed by atoms with Crippen molar-refractivity contribution in [2.45, 2.75) is 393 Å². The summed E-state index contributed by atoms with van der Waals surface area (Å²) in [6.07, 6.45) is 77.3. The highest BCUT2D eigenvalue weighted by molar-refractivity contribution is 7.47. The van der Waals surface area contributed by atoms with Crippen molar-refractivity contribution in [2.75, 3.05) is 39.6 Å². The standard InChI is InChI=1S/C83H150O17P2/c1-5-9-13-17-21-25-29-33-37-38-42-46-50-54-58-62-66-70-83(88)100-79(74-94-81(86)68-64-60-56-52-48-44-40-35-31-27-23-19-15-11-7-3)76-98-102(91,92)96-72-77(84)71-95-101(89,90)97-75-78(99-82(87)69-65-61-57-53-49-45-41-36-32-28-24-20-16-12-8-4)73-93-80(85)67-63-59-55-51-47-43-39-34-30-26-22-18-14-10-6-2/h21,25-26,30,33,36-37,41-42,46,54,58,77-79,84H,5-20,22-24,27-29,31-32,34-35,38-40,43-45,47-53,55-57,59-76H2,1-4H3,(H,89,90)(H,91,92)/b25-21-,30-26-,37-33-,41-36-,46-42-,58-54-/t77-,78-,79-/m1/s1. The highest BCUT2D eigenvalue weighted by Crippen LogP contribution is 2.45. The minimum Gasteiger partial charge on any atom is -0.462 e. The lowest BCUT2D eigenvalue weighted by molar-refractivity contribution is -0.161. The molecule has 102 heavy (non-hydrogen) atoms. The number of carbonyl (C=O) groups excluding carboxylic acids is 4. The van der Waals surface area contributed by atoms with Gasteiger partial charge in [-0.2, -0.15) is 0 Å². The van der Waals surface area contributed by atoms with Gasteiger partial charge in [0.2, 0.25) is 0 Å². The second kappa shape index (κ2) is 75.7. The van der Waals surface area contributed by atoms with E-state index < -0.39 is 97.5 Å². The van der Waals surface area contributed by atoms with E-state index in [9.17, 15) is 43.2 Å². The van der Waals surface area contributed by atoms with Gasteiger partial charge in [0, 0.05) is 25.7 Å². The van der Waals surface area contributed by atoms with Gasteiger partial charge in [0.15, 0.2) is 12.2 Å². The topological polar surface area (TPSA) is 237 Å². The fraction of sp³-hybridized carbons (Fsp3) is 0.807. The second-order valence-corrected chi connectivity index (χ2v) is 30.6. The van der Waals surface area contributed by atoms with E-state index in [1.807, 2.05) is 12.2 Å². The molecule has 0 aromatic carbocycles. The third-order valence-corrected chi connectivity index (χ3v) is 19.5. The fourth-order valence-corrected chi connectivity index (χ4v) is 12.9. The van der Waals surface area contributed by atoms with Crippen molar-refractivity contribution in [3.63, 3.8) is 0 Å². The maximum absolute atomic E-state index is 13.1. The Morgan fingerprint density at radius 1 is 0.275 bits per heavy atom. The first-order chi connectivity index (χ1) is 49.7. The van der Waals surface area contributed by atoms with Crippen molar-refractivity contribution in [2.24, 2.45) is 0 Å². The second-order valence-electron chi connectivity index (χ2n) is 27.7. The SMILES string of the molecule is CCCCC/C=C\C/C=C\C/C=C\C/C=C\CCCC(=O)O[C@H](COC(=O)CCCCCCCCCCCCCCCCC)COP(=O)(O)OC[C@H](O)COP(=O)(O)OC[C@@H](COC(=O)CCCCCCCCC/C=C\CCCCCC)OC(=O)CCCCCCC/C=C\CCCCCCCC. The van der Waals surface area contributed by atoms with E-state index in [1.165, 1.54) is 167 Å².